The van der Waals surface area contributed by atoms with Crippen LogP contribution >= 0.6 is 0 Å². The molecule has 1 aliphatic heterocycles. The molecule has 1 saturated heterocycles. The van der Waals surface area contributed by atoms with Gasteiger partial charge in [-0.1, -0.05) is 0 Å². The van der Waals surface area contributed by atoms with Crippen LogP contribution < -0.4 is 5.32 Å². The molecule has 8 heteroatoms. The number of carbonyl (C=O) groups excluding carboxylic acids is 1. The van der Waals surface area contributed by atoms with Gasteiger partial charge >= 0.3 is 6.09 Å². The molecule has 1 amide bonds. The van der Waals surface area contributed by atoms with Gasteiger partial charge in [-0.3, -0.25) is 0 Å². The second kappa shape index (κ2) is 6.18. The number of nitrogens with one attached hydrogen (secondary N) is 1. The maximum absolute atomic E-state index is 11.9. The van der Waals surface area contributed by atoms with Gasteiger partial charge in [0.25, 0.3) is 0 Å². The monoisotopic (exact) mass is 266 g/mol. The molecule has 1 aliphatic rings. The molecule has 17 heavy (non-hydrogen) atoms. The number of nitrogens with zero attached hydrogens (tertiary/aromatic N) is 1. The highest BCUT2D eigenvalue weighted by molar-refractivity contribution is 7.89. The Morgan fingerprint density at radius 2 is 2.29 bits per heavy atom. The van der Waals surface area contributed by atoms with Gasteiger partial charge in [0.1, 0.15) is 0 Å². The zero-order valence-electron chi connectivity index (χ0n) is 10.0. The molecular formula is C9H18N2O5S. The Kier molecular flexibility index (Phi) is 5.16. The SMILES string of the molecule is COC(=O)NCCS(=O)(=O)N1CCOCC1C. The molecule has 1 unspecified atom stereocenters. The summed E-state index contributed by atoms with van der Waals surface area (Å²) in [5.74, 6) is -0.133. The van der Waals surface area contributed by atoms with Crippen molar-refractivity contribution in [1.29, 1.82) is 0 Å². The Bertz CT molecular complexity index is 356. The minimum Gasteiger partial charge on any atom is -0.453 e. The molecule has 0 radical (unpaired) electrons. The van der Waals surface area contributed by atoms with Gasteiger partial charge in [0.2, 0.25) is 10.0 Å². The summed E-state index contributed by atoms with van der Waals surface area (Å²) in [5, 5.41) is 2.34. The second-order valence-electron chi connectivity index (χ2n) is 3.77. The molecular weight excluding hydrogens is 248 g/mol. The van der Waals surface area contributed by atoms with Crippen molar-refractivity contribution in [2.24, 2.45) is 0 Å². The molecule has 0 aromatic heterocycles. The van der Waals surface area contributed by atoms with Crippen LogP contribution in [-0.4, -0.2) is 64.0 Å². The van der Waals surface area contributed by atoms with Crippen LogP contribution in [0.5, 0.6) is 0 Å². The lowest BCUT2D eigenvalue weighted by Crippen LogP contribution is -2.49. The van der Waals surface area contributed by atoms with Gasteiger partial charge in [0.05, 0.1) is 26.1 Å². The normalized spacial score (nSPS) is 22.1. The van der Waals surface area contributed by atoms with E-state index in [2.05, 4.69) is 10.1 Å². The Balaban J connectivity index is 2.47. The zero-order chi connectivity index (χ0) is 12.9. The van der Waals surface area contributed by atoms with Gasteiger partial charge < -0.3 is 14.8 Å². The number of amides is 1. The lowest BCUT2D eigenvalue weighted by molar-refractivity contribution is 0.0393. The third-order valence-corrected chi connectivity index (χ3v) is 4.46. The van der Waals surface area contributed by atoms with E-state index in [0.29, 0.717) is 19.8 Å². The van der Waals surface area contributed by atoms with Crippen LogP contribution in [0.1, 0.15) is 6.92 Å². The van der Waals surface area contributed by atoms with Crippen LogP contribution in [0.4, 0.5) is 4.79 Å². The van der Waals surface area contributed by atoms with Gasteiger partial charge in [-0.25, -0.2) is 13.2 Å². The number of carbonyl (C=O) groups is 1. The molecule has 1 fully saturated rings. The molecule has 0 spiro atoms. The van der Waals surface area contributed by atoms with Gasteiger partial charge in [-0.2, -0.15) is 4.31 Å². The predicted octanol–water partition coefficient (Wildman–Crippen LogP) is -0.607. The van der Waals surface area contributed by atoms with Crippen molar-refractivity contribution < 1.29 is 22.7 Å². The first-order valence-corrected chi connectivity index (χ1v) is 6.97. The summed E-state index contributed by atoms with van der Waals surface area (Å²) in [4.78, 5) is 10.8. The van der Waals surface area contributed by atoms with E-state index in [1.807, 2.05) is 0 Å². The summed E-state index contributed by atoms with van der Waals surface area (Å²) < 4.78 is 34.8. The Labute approximate surface area is 101 Å². The molecule has 1 rings (SSSR count). The van der Waals surface area contributed by atoms with Crippen LogP contribution in [0, 0.1) is 0 Å². The third-order valence-electron chi connectivity index (χ3n) is 2.48. The van der Waals surface area contributed by atoms with E-state index in [0.717, 1.165) is 0 Å². The van der Waals surface area contributed by atoms with E-state index >= 15 is 0 Å². The maximum atomic E-state index is 11.9. The van der Waals surface area contributed by atoms with E-state index in [9.17, 15) is 13.2 Å². The van der Waals surface area contributed by atoms with Gasteiger partial charge in [-0.15, -0.1) is 0 Å². The van der Waals surface area contributed by atoms with Crippen molar-refractivity contribution in [1.82, 2.24) is 9.62 Å². The number of alkyl carbamates (subject to hydrolysis) is 1. The molecule has 100 valence electrons. The quantitative estimate of drug-likeness (QED) is 0.734. The van der Waals surface area contributed by atoms with Crippen LogP contribution in [0.2, 0.25) is 0 Å². The number of morpholine rings is 1. The summed E-state index contributed by atoms with van der Waals surface area (Å²) in [6.45, 7) is 3.02. The maximum Gasteiger partial charge on any atom is 0.406 e. The fraction of sp³-hybridized carbons (Fsp3) is 0.889. The van der Waals surface area contributed by atoms with Crippen LogP contribution in [0.3, 0.4) is 0 Å². The predicted molar refractivity (Wildman–Crippen MR) is 61.2 cm³/mol. The first-order chi connectivity index (χ1) is 7.97. The van der Waals surface area contributed by atoms with Crippen LogP contribution in [0.25, 0.3) is 0 Å². The lowest BCUT2D eigenvalue weighted by atomic mass is 10.3. The fourth-order valence-electron chi connectivity index (χ4n) is 1.60. The molecule has 7 nitrogen and oxygen atoms in total. The van der Waals surface area contributed by atoms with E-state index in [1.165, 1.54) is 11.4 Å². The molecule has 1 N–H and O–H groups in total. The van der Waals surface area contributed by atoms with Crippen molar-refractivity contribution in [2.75, 3.05) is 39.2 Å². The standard InChI is InChI=1S/C9H18N2O5S/c1-8-7-16-5-4-11(8)17(13,14)6-3-10-9(12)15-2/h8H,3-7H2,1-2H3,(H,10,12). The summed E-state index contributed by atoms with van der Waals surface area (Å²) in [7, 11) is -2.12. The number of sulfonamides is 1. The number of ether oxygens (including phenoxy) is 2. The molecule has 1 heterocycles. The topological polar surface area (TPSA) is 84.9 Å². The van der Waals surface area contributed by atoms with E-state index in [-0.39, 0.29) is 18.3 Å². The lowest BCUT2D eigenvalue weighted by Gasteiger charge is -2.32. The summed E-state index contributed by atoms with van der Waals surface area (Å²) in [6.07, 6.45) is -0.629. The molecule has 0 aromatic rings. The zero-order valence-corrected chi connectivity index (χ0v) is 10.8. The average molecular weight is 266 g/mol. The third kappa shape index (κ3) is 4.14. The van der Waals surface area contributed by atoms with Gasteiger partial charge in [0.15, 0.2) is 0 Å². The van der Waals surface area contributed by atoms with Gasteiger partial charge in [-0.05, 0) is 6.92 Å². The number of rotatable bonds is 4. The van der Waals surface area contributed by atoms with Crippen molar-refractivity contribution >= 4 is 16.1 Å². The fourth-order valence-corrected chi connectivity index (χ4v) is 3.15. The van der Waals surface area contributed by atoms with E-state index < -0.39 is 16.1 Å². The summed E-state index contributed by atoms with van der Waals surface area (Å²) in [5.41, 5.74) is 0. The number of hydrogen-bond donors (Lipinski definition) is 1. The highest BCUT2D eigenvalue weighted by Crippen LogP contribution is 2.11. The van der Waals surface area contributed by atoms with Crippen LogP contribution in [-0.2, 0) is 19.5 Å². The Hall–Kier alpha value is -0.860. The highest BCUT2D eigenvalue weighted by atomic mass is 32.2. The average Bonchev–Trinajstić information content (AvgIpc) is 2.28. The smallest absolute Gasteiger partial charge is 0.406 e. The second-order valence-corrected chi connectivity index (χ2v) is 5.81. The van der Waals surface area contributed by atoms with Crippen molar-refractivity contribution in [3.63, 3.8) is 0 Å². The molecule has 0 saturated carbocycles. The Morgan fingerprint density at radius 3 is 2.88 bits per heavy atom. The summed E-state index contributed by atoms with van der Waals surface area (Å²) >= 11 is 0. The van der Waals surface area contributed by atoms with Crippen molar-refractivity contribution in [3.05, 3.63) is 0 Å². The minimum atomic E-state index is -3.35. The molecule has 0 aliphatic carbocycles. The van der Waals surface area contributed by atoms with E-state index in [1.54, 1.807) is 6.92 Å². The first-order valence-electron chi connectivity index (χ1n) is 5.36. The summed E-state index contributed by atoms with van der Waals surface area (Å²) in [6, 6.07) is -0.160. The number of hydrogen-bond acceptors (Lipinski definition) is 5. The van der Waals surface area contributed by atoms with Crippen molar-refractivity contribution in [2.45, 2.75) is 13.0 Å². The minimum absolute atomic E-state index is 0.0408. The van der Waals surface area contributed by atoms with E-state index in [4.69, 9.17) is 4.74 Å². The molecule has 0 aromatic carbocycles. The van der Waals surface area contributed by atoms with Crippen molar-refractivity contribution in [3.8, 4) is 0 Å². The largest absolute Gasteiger partial charge is 0.453 e. The highest BCUT2D eigenvalue weighted by Gasteiger charge is 2.29. The van der Waals surface area contributed by atoms with Crippen LogP contribution in [0.15, 0.2) is 0 Å². The van der Waals surface area contributed by atoms with Gasteiger partial charge in [0, 0.05) is 19.1 Å². The number of methoxy groups -OCH3 is 1. The first kappa shape index (κ1) is 14.2. The molecule has 1 atom stereocenters. The Morgan fingerprint density at radius 1 is 1.59 bits per heavy atom. The molecule has 0 bridgehead atoms.